The predicted molar refractivity (Wildman–Crippen MR) is 88.1 cm³/mol. The lowest BCUT2D eigenvalue weighted by Gasteiger charge is -2.06. The van der Waals surface area contributed by atoms with Crippen molar-refractivity contribution in [3.63, 3.8) is 0 Å². The van der Waals surface area contributed by atoms with E-state index in [9.17, 15) is 0 Å². The molecule has 1 aromatic heterocycles. The van der Waals surface area contributed by atoms with E-state index in [-0.39, 0.29) is 0 Å². The van der Waals surface area contributed by atoms with Gasteiger partial charge in [0.25, 0.3) is 0 Å². The van der Waals surface area contributed by atoms with Crippen LogP contribution < -0.4 is 0 Å². The van der Waals surface area contributed by atoms with Crippen molar-refractivity contribution in [2.75, 3.05) is 0 Å². The van der Waals surface area contributed by atoms with Gasteiger partial charge in [-0.05, 0) is 29.9 Å². The lowest BCUT2D eigenvalue weighted by atomic mass is 10.0. The molecule has 20 heavy (non-hydrogen) atoms. The van der Waals surface area contributed by atoms with Crippen molar-refractivity contribution in [1.29, 1.82) is 0 Å². The highest BCUT2D eigenvalue weighted by atomic mass is 14.6. The minimum Gasteiger partial charge on any atom is -0.264 e. The standard InChI is InChI=1S/C19H27N/c1-2-3-4-5-6-7-8-9-11-17-12-10-13-18-14-15-20-16-19(17)18/h10,12-16H,2-9,11H2,1H3. The van der Waals surface area contributed by atoms with Gasteiger partial charge in [-0.3, -0.25) is 4.98 Å². The molecular formula is C19H27N. The Labute approximate surface area is 123 Å². The monoisotopic (exact) mass is 269 g/mol. The Morgan fingerprint density at radius 2 is 1.60 bits per heavy atom. The van der Waals surface area contributed by atoms with Crippen LogP contribution in [0.15, 0.2) is 36.7 Å². The third kappa shape index (κ3) is 4.63. The van der Waals surface area contributed by atoms with Crippen molar-refractivity contribution in [1.82, 2.24) is 4.98 Å². The number of aromatic nitrogens is 1. The fourth-order valence-corrected chi connectivity index (χ4v) is 2.84. The summed E-state index contributed by atoms with van der Waals surface area (Å²) in [5, 5.41) is 2.65. The molecule has 0 fully saturated rings. The van der Waals surface area contributed by atoms with Crippen molar-refractivity contribution in [3.8, 4) is 0 Å². The summed E-state index contributed by atoms with van der Waals surface area (Å²) in [6.07, 6.45) is 16.2. The van der Waals surface area contributed by atoms with Crippen LogP contribution in [0.2, 0.25) is 0 Å². The van der Waals surface area contributed by atoms with E-state index < -0.39 is 0 Å². The first-order valence-electron chi connectivity index (χ1n) is 8.23. The summed E-state index contributed by atoms with van der Waals surface area (Å²) in [7, 11) is 0. The molecule has 0 saturated heterocycles. The van der Waals surface area contributed by atoms with Crippen LogP contribution in [0.1, 0.15) is 63.9 Å². The summed E-state index contributed by atoms with van der Waals surface area (Å²) in [5.74, 6) is 0. The third-order valence-corrected chi connectivity index (χ3v) is 4.07. The summed E-state index contributed by atoms with van der Waals surface area (Å²) >= 11 is 0. The number of benzene rings is 1. The summed E-state index contributed by atoms with van der Waals surface area (Å²) in [6, 6.07) is 8.70. The minimum atomic E-state index is 1.19. The molecule has 0 N–H and O–H groups in total. The second-order valence-electron chi connectivity index (χ2n) is 5.74. The van der Waals surface area contributed by atoms with Gasteiger partial charge in [-0.15, -0.1) is 0 Å². The predicted octanol–water partition coefficient (Wildman–Crippen LogP) is 5.92. The quantitative estimate of drug-likeness (QED) is 0.515. The van der Waals surface area contributed by atoms with Crippen molar-refractivity contribution in [2.45, 2.75) is 64.7 Å². The van der Waals surface area contributed by atoms with Crippen molar-refractivity contribution in [3.05, 3.63) is 42.2 Å². The van der Waals surface area contributed by atoms with Crippen LogP contribution in [0.5, 0.6) is 0 Å². The summed E-state index contributed by atoms with van der Waals surface area (Å²) in [5.41, 5.74) is 1.46. The van der Waals surface area contributed by atoms with Gasteiger partial charge in [-0.2, -0.15) is 0 Å². The van der Waals surface area contributed by atoms with E-state index >= 15 is 0 Å². The average molecular weight is 269 g/mol. The molecule has 2 rings (SSSR count). The van der Waals surface area contributed by atoms with E-state index in [2.05, 4.69) is 36.2 Å². The first-order valence-corrected chi connectivity index (χ1v) is 8.23. The first-order chi connectivity index (χ1) is 9.92. The summed E-state index contributed by atoms with van der Waals surface area (Å²) in [6.45, 7) is 2.28. The lowest BCUT2D eigenvalue weighted by molar-refractivity contribution is 0.576. The van der Waals surface area contributed by atoms with Crippen LogP contribution in [-0.4, -0.2) is 4.98 Å². The molecule has 0 aliphatic rings. The maximum Gasteiger partial charge on any atom is 0.0349 e. The Morgan fingerprint density at radius 3 is 2.40 bits per heavy atom. The molecule has 0 amide bonds. The number of unbranched alkanes of at least 4 members (excludes halogenated alkanes) is 7. The van der Waals surface area contributed by atoms with E-state index in [0.29, 0.717) is 0 Å². The van der Waals surface area contributed by atoms with Crippen LogP contribution in [0, 0.1) is 0 Å². The molecule has 0 aliphatic carbocycles. The van der Waals surface area contributed by atoms with Gasteiger partial charge in [0.05, 0.1) is 0 Å². The molecule has 1 heterocycles. The fourth-order valence-electron chi connectivity index (χ4n) is 2.84. The van der Waals surface area contributed by atoms with Gasteiger partial charge in [-0.25, -0.2) is 0 Å². The van der Waals surface area contributed by atoms with Crippen LogP contribution in [-0.2, 0) is 6.42 Å². The molecule has 0 spiro atoms. The molecule has 1 aromatic carbocycles. The van der Waals surface area contributed by atoms with Gasteiger partial charge in [-0.1, -0.05) is 70.1 Å². The molecule has 1 nitrogen and oxygen atoms in total. The SMILES string of the molecule is CCCCCCCCCCc1cccc2ccncc12. The van der Waals surface area contributed by atoms with E-state index in [1.54, 1.807) is 0 Å². The van der Waals surface area contributed by atoms with Gasteiger partial charge in [0.15, 0.2) is 0 Å². The van der Waals surface area contributed by atoms with E-state index in [1.165, 1.54) is 74.1 Å². The van der Waals surface area contributed by atoms with E-state index in [0.717, 1.165) is 0 Å². The Bertz CT molecular complexity index is 499. The van der Waals surface area contributed by atoms with Crippen molar-refractivity contribution >= 4 is 10.8 Å². The maximum atomic E-state index is 4.26. The second-order valence-corrected chi connectivity index (χ2v) is 5.74. The average Bonchev–Trinajstić information content (AvgIpc) is 2.50. The first kappa shape index (κ1) is 15.0. The molecule has 0 unspecified atom stereocenters. The van der Waals surface area contributed by atoms with Crippen LogP contribution in [0.25, 0.3) is 10.8 Å². The fraction of sp³-hybridized carbons (Fsp3) is 0.526. The van der Waals surface area contributed by atoms with Gasteiger partial charge < -0.3 is 0 Å². The minimum absolute atomic E-state index is 1.19. The Kier molecular flexibility index (Phi) is 6.56. The zero-order chi connectivity index (χ0) is 14.0. The zero-order valence-electron chi connectivity index (χ0n) is 12.8. The van der Waals surface area contributed by atoms with E-state index in [1.807, 2.05) is 12.4 Å². The summed E-state index contributed by atoms with van der Waals surface area (Å²) in [4.78, 5) is 4.26. The number of nitrogens with zero attached hydrogens (tertiary/aromatic N) is 1. The highest BCUT2D eigenvalue weighted by Gasteiger charge is 2.00. The van der Waals surface area contributed by atoms with Gasteiger partial charge >= 0.3 is 0 Å². The highest BCUT2D eigenvalue weighted by Crippen LogP contribution is 2.19. The molecule has 0 saturated carbocycles. The van der Waals surface area contributed by atoms with Gasteiger partial charge in [0.1, 0.15) is 0 Å². The molecular weight excluding hydrogens is 242 g/mol. The maximum absolute atomic E-state index is 4.26. The van der Waals surface area contributed by atoms with Crippen LogP contribution >= 0.6 is 0 Å². The molecule has 2 aromatic rings. The highest BCUT2D eigenvalue weighted by molar-refractivity contribution is 5.84. The normalized spacial score (nSPS) is 11.1. The van der Waals surface area contributed by atoms with E-state index in [4.69, 9.17) is 0 Å². The Hall–Kier alpha value is -1.37. The Balaban J connectivity index is 1.71. The number of pyridine rings is 1. The summed E-state index contributed by atoms with van der Waals surface area (Å²) < 4.78 is 0. The smallest absolute Gasteiger partial charge is 0.0349 e. The van der Waals surface area contributed by atoms with Crippen LogP contribution in [0.4, 0.5) is 0 Å². The molecule has 0 radical (unpaired) electrons. The number of fused-ring (bicyclic) bond motifs is 1. The van der Waals surface area contributed by atoms with Gasteiger partial charge in [0.2, 0.25) is 0 Å². The number of aryl methyl sites for hydroxylation is 1. The largest absolute Gasteiger partial charge is 0.264 e. The molecule has 1 heteroatoms. The second kappa shape index (κ2) is 8.73. The van der Waals surface area contributed by atoms with Crippen molar-refractivity contribution in [2.24, 2.45) is 0 Å². The van der Waals surface area contributed by atoms with Crippen LogP contribution in [0.3, 0.4) is 0 Å². The number of hydrogen-bond acceptors (Lipinski definition) is 1. The van der Waals surface area contributed by atoms with Crippen molar-refractivity contribution < 1.29 is 0 Å². The third-order valence-electron chi connectivity index (χ3n) is 4.07. The zero-order valence-corrected chi connectivity index (χ0v) is 12.8. The molecule has 0 atom stereocenters. The molecule has 0 bridgehead atoms. The topological polar surface area (TPSA) is 12.9 Å². The Morgan fingerprint density at radius 1 is 0.850 bits per heavy atom. The lowest BCUT2D eigenvalue weighted by Crippen LogP contribution is -1.89. The molecule has 108 valence electrons. The molecule has 0 aliphatic heterocycles. The number of hydrogen-bond donors (Lipinski definition) is 0. The van der Waals surface area contributed by atoms with Gasteiger partial charge in [0, 0.05) is 17.8 Å². The number of rotatable bonds is 9.